The summed E-state index contributed by atoms with van der Waals surface area (Å²) in [7, 11) is 0. The highest BCUT2D eigenvalue weighted by Gasteiger charge is 2.22. The predicted molar refractivity (Wildman–Crippen MR) is 63.0 cm³/mol. The third-order valence-electron chi connectivity index (χ3n) is 2.41. The summed E-state index contributed by atoms with van der Waals surface area (Å²) < 4.78 is 17.6. The number of aliphatic hydroxyl groups is 2. The van der Waals surface area contributed by atoms with E-state index in [2.05, 4.69) is 4.74 Å². The van der Waals surface area contributed by atoms with Gasteiger partial charge in [0.15, 0.2) is 0 Å². The molecule has 2 unspecified atom stereocenters. The van der Waals surface area contributed by atoms with Gasteiger partial charge in [-0.15, -0.1) is 0 Å². The summed E-state index contributed by atoms with van der Waals surface area (Å²) in [5, 5.41) is 19.4. The Balaban J connectivity index is 2.70. The maximum Gasteiger partial charge on any atom is 0.308 e. The molecule has 18 heavy (non-hydrogen) atoms. The van der Waals surface area contributed by atoms with Gasteiger partial charge in [-0.25, -0.2) is 4.39 Å². The van der Waals surface area contributed by atoms with E-state index in [4.69, 9.17) is 5.73 Å². The van der Waals surface area contributed by atoms with Crippen molar-refractivity contribution in [3.8, 4) is 0 Å². The summed E-state index contributed by atoms with van der Waals surface area (Å²) >= 11 is 0. The van der Waals surface area contributed by atoms with Gasteiger partial charge in [-0.1, -0.05) is 6.07 Å². The van der Waals surface area contributed by atoms with Gasteiger partial charge < -0.3 is 20.7 Å². The molecular weight excluding hydrogens is 241 g/mol. The molecule has 0 fully saturated rings. The monoisotopic (exact) mass is 257 g/mol. The molecule has 0 heterocycles. The lowest BCUT2D eigenvalue weighted by molar-refractivity contribution is -0.147. The minimum atomic E-state index is -1.33. The lowest BCUT2D eigenvalue weighted by Crippen LogP contribution is -2.23. The Hall–Kier alpha value is -1.66. The van der Waals surface area contributed by atoms with Gasteiger partial charge in [-0.2, -0.15) is 0 Å². The molecule has 4 N–H and O–H groups in total. The number of aliphatic hydroxyl groups excluding tert-OH is 2. The minimum absolute atomic E-state index is 0.130. The van der Waals surface area contributed by atoms with E-state index in [0.717, 1.165) is 6.07 Å². The van der Waals surface area contributed by atoms with Crippen LogP contribution in [0.15, 0.2) is 18.2 Å². The van der Waals surface area contributed by atoms with Gasteiger partial charge in [0, 0.05) is 0 Å². The summed E-state index contributed by atoms with van der Waals surface area (Å²) in [6, 6.07) is 3.60. The second-order valence-electron chi connectivity index (χ2n) is 3.80. The van der Waals surface area contributed by atoms with Gasteiger partial charge in [-0.05, 0) is 24.6 Å². The van der Waals surface area contributed by atoms with Crippen molar-refractivity contribution in [1.82, 2.24) is 0 Å². The predicted octanol–water partition coefficient (Wildman–Crippen LogP) is 0.755. The summed E-state index contributed by atoms with van der Waals surface area (Å²) in [5.74, 6) is -1.22. The second kappa shape index (κ2) is 6.32. The average molecular weight is 257 g/mol. The summed E-state index contributed by atoms with van der Waals surface area (Å²) in [4.78, 5) is 11.1. The fourth-order valence-corrected chi connectivity index (χ4v) is 1.47. The van der Waals surface area contributed by atoms with Crippen LogP contribution in [-0.4, -0.2) is 28.9 Å². The van der Waals surface area contributed by atoms with Crippen molar-refractivity contribution in [2.45, 2.75) is 25.6 Å². The maximum atomic E-state index is 12.9. The molecular formula is C12H16FNO4. The van der Waals surface area contributed by atoms with Crippen LogP contribution in [0.1, 0.15) is 25.0 Å². The van der Waals surface area contributed by atoms with Crippen LogP contribution in [0, 0.1) is 5.82 Å². The SMILES string of the molecule is CCOC(=O)CC(O)C(O)c1ccc(F)c(N)c1. The van der Waals surface area contributed by atoms with Crippen molar-refractivity contribution in [2.24, 2.45) is 0 Å². The molecule has 2 atom stereocenters. The van der Waals surface area contributed by atoms with Gasteiger partial charge in [0.05, 0.1) is 24.8 Å². The largest absolute Gasteiger partial charge is 0.466 e. The van der Waals surface area contributed by atoms with Crippen LogP contribution in [0.25, 0.3) is 0 Å². The number of halogens is 1. The fourth-order valence-electron chi connectivity index (χ4n) is 1.47. The molecule has 0 amide bonds. The number of hydrogen-bond donors (Lipinski definition) is 3. The summed E-state index contributed by atoms with van der Waals surface area (Å²) in [6.45, 7) is 1.84. The number of carbonyl (C=O) groups is 1. The number of rotatable bonds is 5. The molecule has 1 aromatic carbocycles. The van der Waals surface area contributed by atoms with Crippen molar-refractivity contribution in [3.05, 3.63) is 29.6 Å². The molecule has 1 rings (SSSR count). The van der Waals surface area contributed by atoms with E-state index < -0.39 is 24.0 Å². The Labute approximate surface area is 104 Å². The number of nitrogens with two attached hydrogens (primary N) is 1. The lowest BCUT2D eigenvalue weighted by atomic mass is 10.0. The first kappa shape index (κ1) is 14.4. The summed E-state index contributed by atoms with van der Waals surface area (Å²) in [5.41, 5.74) is 5.46. The number of hydrogen-bond acceptors (Lipinski definition) is 5. The van der Waals surface area contributed by atoms with Crippen molar-refractivity contribution in [2.75, 3.05) is 12.3 Å². The van der Waals surface area contributed by atoms with E-state index in [1.807, 2.05) is 0 Å². The lowest BCUT2D eigenvalue weighted by Gasteiger charge is -2.17. The van der Waals surface area contributed by atoms with Crippen molar-refractivity contribution < 1.29 is 24.1 Å². The van der Waals surface area contributed by atoms with Gasteiger partial charge in [0.2, 0.25) is 0 Å². The molecule has 0 radical (unpaired) electrons. The zero-order chi connectivity index (χ0) is 13.7. The van der Waals surface area contributed by atoms with Crippen molar-refractivity contribution >= 4 is 11.7 Å². The van der Waals surface area contributed by atoms with Gasteiger partial charge in [0.25, 0.3) is 0 Å². The molecule has 0 aliphatic heterocycles. The Morgan fingerprint density at radius 2 is 2.17 bits per heavy atom. The van der Waals surface area contributed by atoms with Crippen LogP contribution < -0.4 is 5.73 Å². The van der Waals surface area contributed by atoms with Crippen LogP contribution in [0.3, 0.4) is 0 Å². The number of benzene rings is 1. The van der Waals surface area contributed by atoms with E-state index >= 15 is 0 Å². The molecule has 100 valence electrons. The smallest absolute Gasteiger partial charge is 0.308 e. The molecule has 0 bridgehead atoms. The topological polar surface area (TPSA) is 92.8 Å². The van der Waals surface area contributed by atoms with E-state index in [1.54, 1.807) is 6.92 Å². The van der Waals surface area contributed by atoms with Crippen LogP contribution >= 0.6 is 0 Å². The first-order chi connectivity index (χ1) is 8.45. The molecule has 6 heteroatoms. The molecule has 0 saturated carbocycles. The summed E-state index contributed by atoms with van der Waals surface area (Å²) in [6.07, 6.45) is -2.99. The molecule has 0 aliphatic rings. The molecule has 5 nitrogen and oxygen atoms in total. The number of ether oxygens (including phenoxy) is 1. The van der Waals surface area contributed by atoms with Crippen LogP contribution in [-0.2, 0) is 9.53 Å². The standard InChI is InChI=1S/C12H16FNO4/c1-2-18-11(16)6-10(15)12(17)7-3-4-8(13)9(14)5-7/h3-5,10,12,15,17H,2,6,14H2,1H3. The first-order valence-electron chi connectivity index (χ1n) is 5.52. The highest BCUT2D eigenvalue weighted by atomic mass is 19.1. The van der Waals surface area contributed by atoms with Crippen LogP contribution in [0.4, 0.5) is 10.1 Å². The van der Waals surface area contributed by atoms with Crippen LogP contribution in [0.5, 0.6) is 0 Å². The fraction of sp³-hybridized carbons (Fsp3) is 0.417. The van der Waals surface area contributed by atoms with Crippen molar-refractivity contribution in [1.29, 1.82) is 0 Å². The number of carbonyl (C=O) groups excluding carboxylic acids is 1. The van der Waals surface area contributed by atoms with Gasteiger partial charge in [0.1, 0.15) is 11.9 Å². The zero-order valence-electron chi connectivity index (χ0n) is 9.97. The van der Waals surface area contributed by atoms with Crippen molar-refractivity contribution in [3.63, 3.8) is 0 Å². The molecule has 1 aromatic rings. The number of anilines is 1. The molecule has 0 aliphatic carbocycles. The molecule has 0 saturated heterocycles. The first-order valence-corrected chi connectivity index (χ1v) is 5.52. The Kier molecular flexibility index (Phi) is 5.06. The minimum Gasteiger partial charge on any atom is -0.466 e. The Bertz CT molecular complexity index is 425. The quantitative estimate of drug-likeness (QED) is 0.535. The maximum absolute atomic E-state index is 12.9. The average Bonchev–Trinajstić information content (AvgIpc) is 2.32. The highest BCUT2D eigenvalue weighted by Crippen LogP contribution is 2.22. The second-order valence-corrected chi connectivity index (χ2v) is 3.80. The number of nitrogen functional groups attached to an aromatic ring is 1. The Morgan fingerprint density at radius 3 is 2.72 bits per heavy atom. The Morgan fingerprint density at radius 1 is 1.50 bits per heavy atom. The molecule has 0 spiro atoms. The third kappa shape index (κ3) is 3.68. The van der Waals surface area contributed by atoms with Gasteiger partial charge >= 0.3 is 5.97 Å². The number of esters is 1. The highest BCUT2D eigenvalue weighted by molar-refractivity contribution is 5.70. The normalized spacial score (nSPS) is 14.0. The zero-order valence-corrected chi connectivity index (χ0v) is 9.97. The van der Waals surface area contributed by atoms with E-state index in [1.165, 1.54) is 12.1 Å². The van der Waals surface area contributed by atoms with E-state index in [9.17, 15) is 19.4 Å². The van der Waals surface area contributed by atoms with E-state index in [-0.39, 0.29) is 24.3 Å². The van der Waals surface area contributed by atoms with Gasteiger partial charge in [-0.3, -0.25) is 4.79 Å². The third-order valence-corrected chi connectivity index (χ3v) is 2.41. The van der Waals surface area contributed by atoms with E-state index in [0.29, 0.717) is 0 Å². The van der Waals surface area contributed by atoms with Crippen LogP contribution in [0.2, 0.25) is 0 Å². The molecule has 0 aromatic heterocycles.